The third kappa shape index (κ3) is 3.61. The van der Waals surface area contributed by atoms with Gasteiger partial charge in [-0.05, 0) is 44.7 Å². The van der Waals surface area contributed by atoms with Gasteiger partial charge in [0.25, 0.3) is 11.6 Å². The van der Waals surface area contributed by atoms with Crippen LogP contribution in [-0.4, -0.2) is 33.6 Å². The molecule has 1 aromatic rings. The maximum atomic E-state index is 12.7. The first kappa shape index (κ1) is 15.9. The molecule has 1 fully saturated rings. The van der Waals surface area contributed by atoms with Crippen LogP contribution in [-0.2, 0) is 0 Å². The maximum Gasteiger partial charge on any atom is 0.272 e. The minimum Gasteiger partial charge on any atom is -0.336 e. The van der Waals surface area contributed by atoms with E-state index in [1.807, 2.05) is 4.90 Å². The molecule has 0 spiro atoms. The van der Waals surface area contributed by atoms with Gasteiger partial charge in [0.05, 0.1) is 4.92 Å². The summed E-state index contributed by atoms with van der Waals surface area (Å²) >= 11 is 3.40. The fraction of sp³-hybridized carbons (Fsp3) is 0.533. The summed E-state index contributed by atoms with van der Waals surface area (Å²) in [4.78, 5) is 25.0. The van der Waals surface area contributed by atoms with Crippen molar-refractivity contribution in [3.8, 4) is 0 Å². The number of halogens is 1. The van der Waals surface area contributed by atoms with Gasteiger partial charge in [0, 0.05) is 35.1 Å². The molecule has 0 bridgehead atoms. The van der Waals surface area contributed by atoms with E-state index in [4.69, 9.17) is 0 Å². The van der Waals surface area contributed by atoms with Crippen LogP contribution in [0.1, 0.15) is 41.6 Å². The second kappa shape index (κ2) is 7.02. The molecule has 21 heavy (non-hydrogen) atoms. The number of aryl methyl sites for hydroxylation is 1. The molecule has 1 aliphatic rings. The molecule has 0 atom stereocenters. The summed E-state index contributed by atoms with van der Waals surface area (Å²) in [6, 6.07) is 4.94. The van der Waals surface area contributed by atoms with Gasteiger partial charge in [-0.1, -0.05) is 15.9 Å². The highest BCUT2D eigenvalue weighted by molar-refractivity contribution is 9.09. The third-order valence-corrected chi connectivity index (χ3v) is 4.51. The Kier molecular flexibility index (Phi) is 5.33. The summed E-state index contributed by atoms with van der Waals surface area (Å²) < 4.78 is 0. The number of rotatable bonds is 6. The molecule has 114 valence electrons. The average molecular weight is 355 g/mol. The SMILES string of the molecule is Cc1cc(C(=O)N(CCCBr)C2CCC2)ccc1[N+](=O)[O-]. The standard InChI is InChI=1S/C15H19BrN2O3/c1-11-10-12(6-7-14(11)18(20)21)15(19)17(9-3-8-16)13-4-2-5-13/h6-7,10,13H,2-5,8-9H2,1H3. The van der Waals surface area contributed by atoms with Gasteiger partial charge in [0.15, 0.2) is 0 Å². The van der Waals surface area contributed by atoms with E-state index in [1.54, 1.807) is 19.1 Å². The smallest absolute Gasteiger partial charge is 0.272 e. The number of nitrogens with zero attached hydrogens (tertiary/aromatic N) is 2. The number of nitro groups is 1. The Morgan fingerprint density at radius 2 is 2.19 bits per heavy atom. The molecule has 1 amide bonds. The van der Waals surface area contributed by atoms with Gasteiger partial charge >= 0.3 is 0 Å². The topological polar surface area (TPSA) is 63.5 Å². The minimum atomic E-state index is -0.419. The van der Waals surface area contributed by atoms with E-state index >= 15 is 0 Å². The molecule has 1 aliphatic carbocycles. The van der Waals surface area contributed by atoms with Crippen molar-refractivity contribution < 1.29 is 9.72 Å². The zero-order valence-corrected chi connectivity index (χ0v) is 13.6. The van der Waals surface area contributed by atoms with Crippen LogP contribution in [0.3, 0.4) is 0 Å². The lowest BCUT2D eigenvalue weighted by Gasteiger charge is -2.37. The van der Waals surface area contributed by atoms with Crippen LogP contribution >= 0.6 is 15.9 Å². The van der Waals surface area contributed by atoms with Gasteiger partial charge in [-0.2, -0.15) is 0 Å². The van der Waals surface area contributed by atoms with Crippen LogP contribution in [0.15, 0.2) is 18.2 Å². The normalized spacial score (nSPS) is 14.6. The van der Waals surface area contributed by atoms with Crippen molar-refractivity contribution in [2.75, 3.05) is 11.9 Å². The summed E-state index contributed by atoms with van der Waals surface area (Å²) in [5, 5.41) is 11.7. The first-order valence-corrected chi connectivity index (χ1v) is 8.28. The Hall–Kier alpha value is -1.43. The zero-order chi connectivity index (χ0) is 15.4. The van der Waals surface area contributed by atoms with Crippen molar-refractivity contribution in [2.45, 2.75) is 38.6 Å². The molecule has 0 aromatic heterocycles. The van der Waals surface area contributed by atoms with Crippen LogP contribution < -0.4 is 0 Å². The third-order valence-electron chi connectivity index (χ3n) is 3.95. The van der Waals surface area contributed by atoms with Gasteiger partial charge in [-0.25, -0.2) is 0 Å². The van der Waals surface area contributed by atoms with E-state index in [0.717, 1.165) is 31.1 Å². The number of carbonyl (C=O) groups excluding carboxylic acids is 1. The first-order chi connectivity index (χ1) is 10.0. The summed E-state index contributed by atoms with van der Waals surface area (Å²) in [7, 11) is 0. The van der Waals surface area contributed by atoms with Crippen LogP contribution in [0.5, 0.6) is 0 Å². The van der Waals surface area contributed by atoms with Gasteiger partial charge in [0.1, 0.15) is 0 Å². The average Bonchev–Trinajstić information content (AvgIpc) is 2.39. The first-order valence-electron chi connectivity index (χ1n) is 7.16. The lowest BCUT2D eigenvalue weighted by molar-refractivity contribution is -0.385. The molecular weight excluding hydrogens is 336 g/mol. The Labute approximate surface area is 132 Å². The monoisotopic (exact) mass is 354 g/mol. The highest BCUT2D eigenvalue weighted by Crippen LogP contribution is 2.27. The molecule has 0 N–H and O–H groups in total. The van der Waals surface area contributed by atoms with E-state index < -0.39 is 4.92 Å². The number of amides is 1. The largest absolute Gasteiger partial charge is 0.336 e. The molecule has 0 unspecified atom stereocenters. The molecule has 0 aliphatic heterocycles. The molecule has 5 nitrogen and oxygen atoms in total. The number of benzene rings is 1. The van der Waals surface area contributed by atoms with E-state index in [9.17, 15) is 14.9 Å². The van der Waals surface area contributed by atoms with Gasteiger partial charge in [-0.15, -0.1) is 0 Å². The molecule has 0 heterocycles. The van der Waals surface area contributed by atoms with E-state index in [1.165, 1.54) is 12.5 Å². The number of alkyl halides is 1. The van der Waals surface area contributed by atoms with Crippen molar-refractivity contribution in [1.29, 1.82) is 0 Å². The number of hydrogen-bond donors (Lipinski definition) is 0. The second-order valence-corrected chi connectivity index (χ2v) is 6.18. The number of carbonyl (C=O) groups is 1. The Balaban J connectivity index is 2.19. The van der Waals surface area contributed by atoms with E-state index in [2.05, 4.69) is 15.9 Å². The van der Waals surface area contributed by atoms with Gasteiger partial charge in [-0.3, -0.25) is 14.9 Å². The minimum absolute atomic E-state index is 0.0151. The highest BCUT2D eigenvalue weighted by Gasteiger charge is 2.29. The van der Waals surface area contributed by atoms with Crippen LogP contribution in [0, 0.1) is 17.0 Å². The molecule has 2 rings (SSSR count). The molecular formula is C15H19BrN2O3. The van der Waals surface area contributed by atoms with Crippen LogP contribution in [0.2, 0.25) is 0 Å². The highest BCUT2D eigenvalue weighted by atomic mass is 79.9. The Bertz CT molecular complexity index is 544. The van der Waals surface area contributed by atoms with Crippen molar-refractivity contribution in [3.05, 3.63) is 39.4 Å². The molecule has 1 saturated carbocycles. The van der Waals surface area contributed by atoms with Crippen LogP contribution in [0.4, 0.5) is 5.69 Å². The fourth-order valence-electron chi connectivity index (χ4n) is 2.54. The summed E-state index contributed by atoms with van der Waals surface area (Å²) in [6.07, 6.45) is 4.19. The predicted octanol–water partition coefficient (Wildman–Crippen LogP) is 3.68. The Morgan fingerprint density at radius 1 is 1.48 bits per heavy atom. The van der Waals surface area contributed by atoms with Gasteiger partial charge < -0.3 is 4.90 Å². The summed E-state index contributed by atoms with van der Waals surface area (Å²) in [5.74, 6) is -0.0151. The predicted molar refractivity (Wildman–Crippen MR) is 84.9 cm³/mol. The van der Waals surface area contributed by atoms with Crippen molar-refractivity contribution >= 4 is 27.5 Å². The lowest BCUT2D eigenvalue weighted by atomic mass is 9.90. The fourth-order valence-corrected chi connectivity index (χ4v) is 2.79. The molecule has 0 radical (unpaired) electrons. The molecule has 6 heteroatoms. The lowest BCUT2D eigenvalue weighted by Crippen LogP contribution is -2.44. The zero-order valence-electron chi connectivity index (χ0n) is 12.0. The van der Waals surface area contributed by atoms with E-state index in [0.29, 0.717) is 17.2 Å². The second-order valence-electron chi connectivity index (χ2n) is 5.38. The van der Waals surface area contributed by atoms with Gasteiger partial charge in [0.2, 0.25) is 0 Å². The van der Waals surface area contributed by atoms with Crippen molar-refractivity contribution in [3.63, 3.8) is 0 Å². The summed E-state index contributed by atoms with van der Waals surface area (Å²) in [6.45, 7) is 2.39. The van der Waals surface area contributed by atoms with Crippen molar-refractivity contribution in [1.82, 2.24) is 4.90 Å². The molecule has 1 aromatic carbocycles. The Morgan fingerprint density at radius 3 is 2.67 bits per heavy atom. The van der Waals surface area contributed by atoms with E-state index in [-0.39, 0.29) is 11.6 Å². The quantitative estimate of drug-likeness (QED) is 0.444. The summed E-state index contributed by atoms with van der Waals surface area (Å²) in [5.41, 5.74) is 1.13. The molecule has 0 saturated heterocycles. The number of hydrogen-bond acceptors (Lipinski definition) is 3. The number of nitro benzene ring substituents is 1. The maximum absolute atomic E-state index is 12.7. The van der Waals surface area contributed by atoms with Crippen LogP contribution in [0.25, 0.3) is 0 Å². The van der Waals surface area contributed by atoms with Crippen molar-refractivity contribution in [2.24, 2.45) is 0 Å².